The van der Waals surface area contributed by atoms with E-state index >= 15 is 0 Å². The summed E-state index contributed by atoms with van der Waals surface area (Å²) in [6, 6.07) is 15.0. The van der Waals surface area contributed by atoms with Gasteiger partial charge in [-0.15, -0.1) is 0 Å². The number of likely N-dealkylation sites (N-methyl/N-ethyl adjacent to an activating group) is 1. The number of aromatic nitrogens is 2. The van der Waals surface area contributed by atoms with Crippen LogP contribution in [-0.2, 0) is 17.6 Å². The molecule has 5 nitrogen and oxygen atoms in total. The molecule has 1 aliphatic rings. The first-order chi connectivity index (χ1) is 16.6. The molecule has 2 aromatic heterocycles. The van der Waals surface area contributed by atoms with E-state index in [1.165, 1.54) is 40.9 Å². The topological polar surface area (TPSA) is 39.5 Å². The lowest BCUT2D eigenvalue weighted by Crippen LogP contribution is -2.27. The average Bonchev–Trinajstić information content (AvgIpc) is 3.21. The molecular weight excluding hydrogens is 422 g/mol. The molecule has 0 N–H and O–H groups in total. The SMILES string of the molecule is CCN(CC)CCOCCOc1ccc(-c2cccc(-n3c(C)ccc3C)n2)c2c1CCCC2. The lowest BCUT2D eigenvalue weighted by Gasteiger charge is -2.23. The molecule has 0 aliphatic heterocycles. The number of hydrogen-bond donors (Lipinski definition) is 0. The van der Waals surface area contributed by atoms with Gasteiger partial charge in [0.2, 0.25) is 0 Å². The van der Waals surface area contributed by atoms with E-state index in [1.54, 1.807) is 0 Å². The number of rotatable bonds is 11. The molecular formula is C29H39N3O2. The summed E-state index contributed by atoms with van der Waals surface area (Å²) in [5.41, 5.74) is 7.43. The van der Waals surface area contributed by atoms with Gasteiger partial charge in [0.1, 0.15) is 18.2 Å². The lowest BCUT2D eigenvalue weighted by molar-refractivity contribution is 0.0816. The molecule has 1 aliphatic carbocycles. The van der Waals surface area contributed by atoms with Crippen LogP contribution in [0.1, 0.15) is 49.2 Å². The van der Waals surface area contributed by atoms with Crippen LogP contribution in [0.25, 0.3) is 17.1 Å². The van der Waals surface area contributed by atoms with Crippen molar-refractivity contribution in [2.45, 2.75) is 53.4 Å². The lowest BCUT2D eigenvalue weighted by atomic mass is 9.86. The number of pyridine rings is 1. The zero-order valence-electron chi connectivity index (χ0n) is 21.3. The first kappa shape index (κ1) is 24.5. The van der Waals surface area contributed by atoms with Crippen LogP contribution < -0.4 is 4.74 Å². The van der Waals surface area contributed by atoms with Gasteiger partial charge in [-0.2, -0.15) is 0 Å². The number of benzene rings is 1. The van der Waals surface area contributed by atoms with Gasteiger partial charge in [-0.3, -0.25) is 0 Å². The molecule has 4 rings (SSSR count). The van der Waals surface area contributed by atoms with Crippen molar-refractivity contribution < 1.29 is 9.47 Å². The highest BCUT2D eigenvalue weighted by atomic mass is 16.5. The van der Waals surface area contributed by atoms with Crippen LogP contribution in [0.15, 0.2) is 42.5 Å². The Bertz CT molecular complexity index is 1070. The summed E-state index contributed by atoms with van der Waals surface area (Å²) in [7, 11) is 0. The van der Waals surface area contributed by atoms with Crippen molar-refractivity contribution in [3.63, 3.8) is 0 Å². The van der Waals surface area contributed by atoms with Gasteiger partial charge in [0.05, 0.1) is 18.9 Å². The van der Waals surface area contributed by atoms with Crippen LogP contribution in [0, 0.1) is 13.8 Å². The van der Waals surface area contributed by atoms with Crippen molar-refractivity contribution >= 4 is 0 Å². The quantitative estimate of drug-likeness (QED) is 0.340. The predicted octanol–water partition coefficient (Wildman–Crippen LogP) is 5.77. The second-order valence-corrected chi connectivity index (χ2v) is 9.10. The summed E-state index contributed by atoms with van der Waals surface area (Å²) in [4.78, 5) is 7.44. The van der Waals surface area contributed by atoms with Crippen molar-refractivity contribution in [1.82, 2.24) is 14.5 Å². The summed E-state index contributed by atoms with van der Waals surface area (Å²) in [6.07, 6.45) is 4.57. The third-order valence-electron chi connectivity index (χ3n) is 6.93. The fourth-order valence-corrected chi connectivity index (χ4v) is 4.98. The molecule has 182 valence electrons. The number of fused-ring (bicyclic) bond motifs is 1. The predicted molar refractivity (Wildman–Crippen MR) is 139 cm³/mol. The van der Waals surface area contributed by atoms with E-state index in [-0.39, 0.29) is 0 Å². The maximum absolute atomic E-state index is 6.21. The average molecular weight is 462 g/mol. The molecule has 3 aromatic rings. The number of ether oxygens (including phenoxy) is 2. The number of nitrogens with zero attached hydrogens (tertiary/aromatic N) is 3. The summed E-state index contributed by atoms with van der Waals surface area (Å²) >= 11 is 0. The zero-order chi connectivity index (χ0) is 23.9. The van der Waals surface area contributed by atoms with Crippen molar-refractivity contribution in [3.05, 3.63) is 65.0 Å². The first-order valence-electron chi connectivity index (χ1n) is 12.8. The Morgan fingerprint density at radius 3 is 2.32 bits per heavy atom. The first-order valence-corrected chi connectivity index (χ1v) is 12.8. The highest BCUT2D eigenvalue weighted by molar-refractivity contribution is 5.69. The van der Waals surface area contributed by atoms with E-state index in [9.17, 15) is 0 Å². The van der Waals surface area contributed by atoms with Gasteiger partial charge in [-0.25, -0.2) is 4.98 Å². The molecule has 0 fully saturated rings. The third kappa shape index (κ3) is 5.53. The van der Waals surface area contributed by atoms with Crippen LogP contribution in [0.3, 0.4) is 0 Å². The van der Waals surface area contributed by atoms with Gasteiger partial charge in [-0.05, 0) is 100 Å². The van der Waals surface area contributed by atoms with Crippen LogP contribution in [0.4, 0.5) is 0 Å². The molecule has 0 amide bonds. The molecule has 34 heavy (non-hydrogen) atoms. The smallest absolute Gasteiger partial charge is 0.137 e. The molecule has 0 radical (unpaired) electrons. The highest BCUT2D eigenvalue weighted by Crippen LogP contribution is 2.37. The fraction of sp³-hybridized carbons (Fsp3) is 0.483. The van der Waals surface area contributed by atoms with Crippen LogP contribution >= 0.6 is 0 Å². The summed E-state index contributed by atoms with van der Waals surface area (Å²) in [6.45, 7) is 13.7. The minimum atomic E-state index is 0.587. The van der Waals surface area contributed by atoms with Gasteiger partial charge in [0, 0.05) is 23.5 Å². The van der Waals surface area contributed by atoms with Crippen LogP contribution in [0.2, 0.25) is 0 Å². The number of aryl methyl sites for hydroxylation is 2. The zero-order valence-corrected chi connectivity index (χ0v) is 21.3. The minimum absolute atomic E-state index is 0.587. The monoisotopic (exact) mass is 461 g/mol. The largest absolute Gasteiger partial charge is 0.491 e. The Balaban J connectivity index is 1.48. The van der Waals surface area contributed by atoms with E-state index < -0.39 is 0 Å². The molecule has 0 saturated heterocycles. The second kappa shape index (κ2) is 11.7. The summed E-state index contributed by atoms with van der Waals surface area (Å²) in [5, 5.41) is 0. The maximum atomic E-state index is 6.21. The Labute approximate surface area is 204 Å². The normalized spacial score (nSPS) is 13.3. The van der Waals surface area contributed by atoms with Crippen LogP contribution in [-0.4, -0.2) is 53.9 Å². The van der Waals surface area contributed by atoms with Crippen molar-refractivity contribution in [2.75, 3.05) is 39.5 Å². The van der Waals surface area contributed by atoms with Gasteiger partial charge in [0.25, 0.3) is 0 Å². The number of hydrogen-bond acceptors (Lipinski definition) is 4. The third-order valence-corrected chi connectivity index (χ3v) is 6.93. The van der Waals surface area contributed by atoms with E-state index in [4.69, 9.17) is 14.5 Å². The Hall–Kier alpha value is -2.63. The van der Waals surface area contributed by atoms with Crippen LogP contribution in [0.5, 0.6) is 5.75 Å². The molecule has 0 saturated carbocycles. The molecule has 5 heteroatoms. The molecule has 0 spiro atoms. The van der Waals surface area contributed by atoms with Gasteiger partial charge in [-0.1, -0.05) is 19.9 Å². The van der Waals surface area contributed by atoms with Crippen molar-refractivity contribution in [3.8, 4) is 22.8 Å². The van der Waals surface area contributed by atoms with Gasteiger partial charge in [0.15, 0.2) is 0 Å². The molecule has 0 atom stereocenters. The Morgan fingerprint density at radius 1 is 0.853 bits per heavy atom. The standard InChI is InChI=1S/C29H39N3O2/c1-5-31(6-2)18-19-33-20-21-34-28-17-16-25(24-10-7-8-11-26(24)28)27-12-9-13-29(30-27)32-22(3)14-15-23(32)4/h9,12-17H,5-8,10-11,18-21H2,1-4H3. The summed E-state index contributed by atoms with van der Waals surface area (Å²) in [5.74, 6) is 1.99. The molecule has 1 aromatic carbocycles. The Kier molecular flexibility index (Phi) is 8.41. The molecule has 0 bridgehead atoms. The summed E-state index contributed by atoms with van der Waals surface area (Å²) < 4.78 is 14.2. The second-order valence-electron chi connectivity index (χ2n) is 9.10. The van der Waals surface area contributed by atoms with Gasteiger partial charge < -0.3 is 18.9 Å². The van der Waals surface area contributed by atoms with Gasteiger partial charge >= 0.3 is 0 Å². The van der Waals surface area contributed by atoms with Crippen molar-refractivity contribution in [2.24, 2.45) is 0 Å². The molecule has 0 unspecified atom stereocenters. The Morgan fingerprint density at radius 2 is 1.59 bits per heavy atom. The minimum Gasteiger partial charge on any atom is -0.491 e. The molecule has 2 heterocycles. The van der Waals surface area contributed by atoms with E-state index in [1.807, 2.05) is 0 Å². The highest BCUT2D eigenvalue weighted by Gasteiger charge is 2.20. The van der Waals surface area contributed by atoms with E-state index in [2.05, 4.69) is 79.6 Å². The van der Waals surface area contributed by atoms with Crippen molar-refractivity contribution in [1.29, 1.82) is 0 Å². The van der Waals surface area contributed by atoms with E-state index in [0.717, 1.165) is 56.3 Å². The fourth-order valence-electron chi connectivity index (χ4n) is 4.98. The maximum Gasteiger partial charge on any atom is 0.137 e. The van der Waals surface area contributed by atoms with E-state index in [0.29, 0.717) is 13.2 Å².